The summed E-state index contributed by atoms with van der Waals surface area (Å²) in [6.07, 6.45) is 6.51. The second-order valence-electron chi connectivity index (χ2n) is 10.0. The second kappa shape index (κ2) is 9.57. The standard InChI is InChI=1S/C25H34N2O5S/c1-17(2)33(31,32)16-18-10-12-26(13-11-18)23(28)15-19-8-9-21-22(14-19)25(30)27(24(21)29)20-6-4-3-5-7-20/h8-9,14,17-18,20H,3-7,10-13,15-16H2,1-2H3. The molecule has 1 saturated heterocycles. The summed E-state index contributed by atoms with van der Waals surface area (Å²) in [4.78, 5) is 41.9. The largest absolute Gasteiger partial charge is 0.342 e. The smallest absolute Gasteiger partial charge is 0.261 e. The highest BCUT2D eigenvalue weighted by atomic mass is 32.2. The van der Waals surface area contributed by atoms with Crippen molar-refractivity contribution in [2.45, 2.75) is 76.5 Å². The number of nitrogens with zero attached hydrogens (tertiary/aromatic N) is 2. The van der Waals surface area contributed by atoms with Gasteiger partial charge in [-0.3, -0.25) is 19.3 Å². The van der Waals surface area contributed by atoms with E-state index in [-0.39, 0.29) is 47.1 Å². The Labute approximate surface area is 196 Å². The maximum Gasteiger partial charge on any atom is 0.261 e. The number of rotatable bonds is 6. The van der Waals surface area contributed by atoms with E-state index in [2.05, 4.69) is 0 Å². The third-order valence-corrected chi connectivity index (χ3v) is 9.80. The van der Waals surface area contributed by atoms with E-state index in [0.29, 0.717) is 37.1 Å². The van der Waals surface area contributed by atoms with Crippen molar-refractivity contribution in [1.82, 2.24) is 9.80 Å². The van der Waals surface area contributed by atoms with Crippen molar-refractivity contribution >= 4 is 27.6 Å². The molecule has 0 spiro atoms. The maximum atomic E-state index is 13.0. The second-order valence-corrected chi connectivity index (χ2v) is 12.6. The molecule has 33 heavy (non-hydrogen) atoms. The zero-order valence-electron chi connectivity index (χ0n) is 19.6. The normalized spacial score (nSPS) is 20.6. The molecule has 3 amide bonds. The van der Waals surface area contributed by atoms with E-state index < -0.39 is 9.84 Å². The van der Waals surface area contributed by atoms with Crippen LogP contribution in [0, 0.1) is 5.92 Å². The van der Waals surface area contributed by atoms with Crippen molar-refractivity contribution in [2.24, 2.45) is 5.92 Å². The molecule has 0 bridgehead atoms. The number of fused-ring (bicyclic) bond motifs is 1. The zero-order valence-corrected chi connectivity index (χ0v) is 20.4. The summed E-state index contributed by atoms with van der Waals surface area (Å²) >= 11 is 0. The van der Waals surface area contributed by atoms with Gasteiger partial charge in [-0.25, -0.2) is 8.42 Å². The molecule has 8 heteroatoms. The van der Waals surface area contributed by atoms with Gasteiger partial charge in [-0.1, -0.05) is 25.3 Å². The number of benzene rings is 1. The van der Waals surface area contributed by atoms with Crippen LogP contribution in [0.1, 0.15) is 85.1 Å². The van der Waals surface area contributed by atoms with Crippen molar-refractivity contribution in [1.29, 1.82) is 0 Å². The van der Waals surface area contributed by atoms with E-state index in [9.17, 15) is 22.8 Å². The third-order valence-electron chi connectivity index (χ3n) is 7.43. The molecule has 2 fully saturated rings. The quantitative estimate of drug-likeness (QED) is 0.591. The van der Waals surface area contributed by atoms with Gasteiger partial charge in [0.15, 0.2) is 9.84 Å². The molecule has 180 valence electrons. The molecule has 4 rings (SSSR count). The molecule has 0 unspecified atom stereocenters. The maximum absolute atomic E-state index is 13.0. The summed E-state index contributed by atoms with van der Waals surface area (Å²) in [5, 5.41) is -0.374. The highest BCUT2D eigenvalue weighted by Crippen LogP contribution is 2.31. The number of piperidine rings is 1. The van der Waals surface area contributed by atoms with Crippen molar-refractivity contribution < 1.29 is 22.8 Å². The third kappa shape index (κ3) is 5.00. The first kappa shape index (κ1) is 23.9. The minimum Gasteiger partial charge on any atom is -0.342 e. The van der Waals surface area contributed by atoms with Gasteiger partial charge in [0.1, 0.15) is 0 Å². The van der Waals surface area contributed by atoms with Crippen LogP contribution in [0.4, 0.5) is 0 Å². The van der Waals surface area contributed by atoms with Crippen LogP contribution < -0.4 is 0 Å². The highest BCUT2D eigenvalue weighted by molar-refractivity contribution is 7.91. The molecule has 0 aromatic heterocycles. The summed E-state index contributed by atoms with van der Waals surface area (Å²) in [6.45, 7) is 4.51. The lowest BCUT2D eigenvalue weighted by Gasteiger charge is -2.32. The lowest BCUT2D eigenvalue weighted by Crippen LogP contribution is -2.41. The van der Waals surface area contributed by atoms with Gasteiger partial charge in [-0.05, 0) is 63.1 Å². The Hall–Kier alpha value is -2.22. The monoisotopic (exact) mass is 474 g/mol. The topological polar surface area (TPSA) is 91.8 Å². The molecular formula is C25H34N2O5S. The number of hydrogen-bond acceptors (Lipinski definition) is 5. The molecule has 0 radical (unpaired) electrons. The van der Waals surface area contributed by atoms with Crippen LogP contribution in [0.15, 0.2) is 18.2 Å². The average Bonchev–Trinajstić information content (AvgIpc) is 3.04. The van der Waals surface area contributed by atoms with Crippen molar-refractivity contribution in [3.63, 3.8) is 0 Å². The van der Waals surface area contributed by atoms with Crippen LogP contribution in [0.25, 0.3) is 0 Å². The van der Waals surface area contributed by atoms with Crippen LogP contribution in [0.3, 0.4) is 0 Å². The highest BCUT2D eigenvalue weighted by Gasteiger charge is 2.40. The van der Waals surface area contributed by atoms with Gasteiger partial charge in [0.2, 0.25) is 5.91 Å². The van der Waals surface area contributed by atoms with Gasteiger partial charge >= 0.3 is 0 Å². The van der Waals surface area contributed by atoms with Crippen LogP contribution in [-0.2, 0) is 21.1 Å². The molecule has 2 aliphatic heterocycles. The molecule has 2 heterocycles. The average molecular weight is 475 g/mol. The van der Waals surface area contributed by atoms with Crippen LogP contribution in [-0.4, -0.2) is 66.1 Å². The first-order chi connectivity index (χ1) is 15.7. The van der Waals surface area contributed by atoms with Gasteiger partial charge in [0.05, 0.1) is 28.6 Å². The summed E-state index contributed by atoms with van der Waals surface area (Å²) in [6, 6.07) is 5.15. The molecular weight excluding hydrogens is 440 g/mol. The van der Waals surface area contributed by atoms with E-state index in [0.717, 1.165) is 37.7 Å². The Morgan fingerprint density at radius 1 is 0.970 bits per heavy atom. The van der Waals surface area contributed by atoms with E-state index in [1.54, 1.807) is 36.9 Å². The fraction of sp³-hybridized carbons (Fsp3) is 0.640. The predicted molar refractivity (Wildman–Crippen MR) is 126 cm³/mol. The molecule has 0 atom stereocenters. The first-order valence-electron chi connectivity index (χ1n) is 12.2. The van der Waals surface area contributed by atoms with Crippen molar-refractivity contribution in [2.75, 3.05) is 18.8 Å². The molecule has 0 N–H and O–H groups in total. The van der Waals surface area contributed by atoms with Crippen LogP contribution in [0.2, 0.25) is 0 Å². The number of sulfone groups is 1. The van der Waals surface area contributed by atoms with Gasteiger partial charge in [-0.2, -0.15) is 0 Å². The van der Waals surface area contributed by atoms with E-state index >= 15 is 0 Å². The van der Waals surface area contributed by atoms with Gasteiger partial charge < -0.3 is 4.90 Å². The predicted octanol–water partition coefficient (Wildman–Crippen LogP) is 3.22. The van der Waals surface area contributed by atoms with Gasteiger partial charge in [0.25, 0.3) is 11.8 Å². The van der Waals surface area contributed by atoms with E-state index in [4.69, 9.17) is 0 Å². The Morgan fingerprint density at radius 2 is 1.61 bits per heavy atom. The molecule has 1 aromatic carbocycles. The van der Waals surface area contributed by atoms with Crippen LogP contribution >= 0.6 is 0 Å². The molecule has 1 saturated carbocycles. The fourth-order valence-electron chi connectivity index (χ4n) is 5.24. The number of carbonyl (C=O) groups excluding carboxylic acids is 3. The number of carbonyl (C=O) groups is 3. The van der Waals surface area contributed by atoms with Crippen molar-refractivity contribution in [3.05, 3.63) is 34.9 Å². The lowest BCUT2D eigenvalue weighted by atomic mass is 9.94. The number of amides is 3. The summed E-state index contributed by atoms with van der Waals surface area (Å²) < 4.78 is 24.4. The molecule has 7 nitrogen and oxygen atoms in total. The minimum absolute atomic E-state index is 0.0166. The minimum atomic E-state index is -3.08. The molecule has 3 aliphatic rings. The van der Waals surface area contributed by atoms with Gasteiger partial charge in [-0.15, -0.1) is 0 Å². The Kier molecular flexibility index (Phi) is 6.93. The SMILES string of the molecule is CC(C)S(=O)(=O)CC1CCN(C(=O)Cc2ccc3c(c2)C(=O)N(C2CCCCC2)C3=O)CC1. The Bertz CT molecular complexity index is 1030. The number of imide groups is 1. The lowest BCUT2D eigenvalue weighted by molar-refractivity contribution is -0.131. The number of hydrogen-bond donors (Lipinski definition) is 0. The first-order valence-corrected chi connectivity index (χ1v) is 13.9. The summed E-state index contributed by atoms with van der Waals surface area (Å²) in [5.41, 5.74) is 1.58. The van der Waals surface area contributed by atoms with Crippen molar-refractivity contribution in [3.8, 4) is 0 Å². The van der Waals surface area contributed by atoms with E-state index in [1.165, 1.54) is 4.90 Å². The Balaban J connectivity index is 1.37. The molecule has 1 aromatic rings. The Morgan fingerprint density at radius 3 is 2.24 bits per heavy atom. The fourth-order valence-corrected chi connectivity index (χ4v) is 6.62. The van der Waals surface area contributed by atoms with Gasteiger partial charge in [0, 0.05) is 19.1 Å². The zero-order chi connectivity index (χ0) is 23.8. The molecule has 1 aliphatic carbocycles. The summed E-state index contributed by atoms with van der Waals surface area (Å²) in [7, 11) is -3.08. The summed E-state index contributed by atoms with van der Waals surface area (Å²) in [5.74, 6) is -0.191. The van der Waals surface area contributed by atoms with E-state index in [1.807, 2.05) is 0 Å². The number of likely N-dealkylation sites (tertiary alicyclic amines) is 1. The van der Waals surface area contributed by atoms with Crippen LogP contribution in [0.5, 0.6) is 0 Å².